The molecule has 172 valence electrons. The molecular formula is C25H24ClFN2O3S. The molecular weight excluding hydrogens is 463 g/mol. The number of anilines is 1. The second kappa shape index (κ2) is 8.54. The first-order valence-electron chi connectivity index (χ1n) is 10.4. The summed E-state index contributed by atoms with van der Waals surface area (Å²) in [5.74, 6) is -0.458. The fourth-order valence-electron chi connectivity index (χ4n) is 4.10. The van der Waals surface area contributed by atoms with E-state index in [4.69, 9.17) is 16.3 Å². The van der Waals surface area contributed by atoms with E-state index in [1.807, 2.05) is 19.2 Å². The fourth-order valence-corrected chi connectivity index (χ4v) is 5.15. The molecule has 5 nitrogen and oxygen atoms in total. The number of fused-ring (bicyclic) bond motifs is 1. The van der Waals surface area contributed by atoms with Crippen LogP contribution in [0.2, 0.25) is 5.02 Å². The summed E-state index contributed by atoms with van der Waals surface area (Å²) < 4.78 is 19.8. The van der Waals surface area contributed by atoms with Gasteiger partial charge in [-0.1, -0.05) is 23.7 Å². The first kappa shape index (κ1) is 23.4. The molecule has 1 fully saturated rings. The predicted molar refractivity (Wildman–Crippen MR) is 132 cm³/mol. The Balaban J connectivity index is 1.71. The lowest BCUT2D eigenvalue weighted by atomic mass is 9.88. The molecule has 33 heavy (non-hydrogen) atoms. The SMILES string of the molecule is COc1cc2c(cc1/C=C1/SC(=O)N(Cc3c(F)cccc3Cl)C1=O)C(C)=CC(C)(C)N2C. The van der Waals surface area contributed by atoms with Crippen molar-refractivity contribution in [3.8, 4) is 5.75 Å². The van der Waals surface area contributed by atoms with E-state index in [1.54, 1.807) is 13.2 Å². The van der Waals surface area contributed by atoms with Gasteiger partial charge in [0.25, 0.3) is 11.1 Å². The Kier molecular flexibility index (Phi) is 6.05. The van der Waals surface area contributed by atoms with Crippen molar-refractivity contribution in [2.45, 2.75) is 32.9 Å². The van der Waals surface area contributed by atoms with Crippen LogP contribution in [0.15, 0.2) is 41.3 Å². The number of carbonyl (C=O) groups excluding carboxylic acids is 2. The minimum Gasteiger partial charge on any atom is -0.496 e. The van der Waals surface area contributed by atoms with E-state index in [9.17, 15) is 14.0 Å². The Morgan fingerprint density at radius 2 is 1.97 bits per heavy atom. The lowest BCUT2D eigenvalue weighted by Gasteiger charge is -2.41. The lowest BCUT2D eigenvalue weighted by Crippen LogP contribution is -2.42. The van der Waals surface area contributed by atoms with Crippen LogP contribution in [0.3, 0.4) is 0 Å². The van der Waals surface area contributed by atoms with Crippen molar-refractivity contribution in [3.05, 3.63) is 68.8 Å². The van der Waals surface area contributed by atoms with Crippen molar-refractivity contribution >= 4 is 51.8 Å². The molecule has 0 atom stereocenters. The van der Waals surface area contributed by atoms with Crippen molar-refractivity contribution in [1.82, 2.24) is 4.90 Å². The molecule has 0 unspecified atom stereocenters. The van der Waals surface area contributed by atoms with E-state index in [1.165, 1.54) is 18.2 Å². The van der Waals surface area contributed by atoms with Gasteiger partial charge >= 0.3 is 0 Å². The predicted octanol–water partition coefficient (Wildman–Crippen LogP) is 6.36. The molecule has 8 heteroatoms. The number of methoxy groups -OCH3 is 1. The molecule has 2 heterocycles. The molecule has 1 saturated heterocycles. The number of halogens is 2. The van der Waals surface area contributed by atoms with E-state index < -0.39 is 17.0 Å². The Morgan fingerprint density at radius 1 is 1.24 bits per heavy atom. The van der Waals surface area contributed by atoms with Gasteiger partial charge in [-0.3, -0.25) is 14.5 Å². The number of amides is 2. The monoisotopic (exact) mass is 486 g/mol. The Morgan fingerprint density at radius 3 is 2.64 bits per heavy atom. The number of ether oxygens (including phenoxy) is 1. The van der Waals surface area contributed by atoms with E-state index >= 15 is 0 Å². The first-order chi connectivity index (χ1) is 15.5. The number of nitrogens with zero attached hydrogens (tertiary/aromatic N) is 2. The van der Waals surface area contributed by atoms with E-state index in [0.29, 0.717) is 11.3 Å². The third kappa shape index (κ3) is 4.15. The molecule has 0 aliphatic carbocycles. The molecule has 2 amide bonds. The largest absolute Gasteiger partial charge is 0.496 e. The van der Waals surface area contributed by atoms with Gasteiger partial charge in [-0.15, -0.1) is 0 Å². The van der Waals surface area contributed by atoms with Gasteiger partial charge < -0.3 is 9.64 Å². The molecule has 0 aromatic heterocycles. The summed E-state index contributed by atoms with van der Waals surface area (Å²) in [5, 5.41) is -0.302. The Hall–Kier alpha value is -2.77. The topological polar surface area (TPSA) is 49.9 Å². The molecule has 2 aliphatic rings. The van der Waals surface area contributed by atoms with Crippen LogP contribution in [0.1, 0.15) is 37.5 Å². The number of hydrogen-bond donors (Lipinski definition) is 0. The van der Waals surface area contributed by atoms with E-state index in [-0.39, 0.29) is 27.6 Å². The normalized spacial score (nSPS) is 18.6. The summed E-state index contributed by atoms with van der Waals surface area (Å²) in [7, 11) is 3.60. The number of rotatable bonds is 4. The highest BCUT2D eigenvalue weighted by molar-refractivity contribution is 8.18. The maximum atomic E-state index is 14.2. The first-order valence-corrected chi connectivity index (χ1v) is 11.6. The standard InChI is InChI=1S/C25H24ClFN2O3S/c1-14-12-25(2,3)28(4)20-11-21(32-5)15(9-16(14)20)10-22-23(30)29(24(31)33-22)13-17-18(26)7-6-8-19(17)27/h6-12H,13H2,1-5H3/b22-10+. The van der Waals surface area contributed by atoms with Crippen molar-refractivity contribution in [1.29, 1.82) is 0 Å². The smallest absolute Gasteiger partial charge is 0.293 e. The Bertz CT molecular complexity index is 1220. The zero-order chi connectivity index (χ0) is 24.1. The van der Waals surface area contributed by atoms with Crippen LogP contribution in [0.4, 0.5) is 14.9 Å². The highest BCUT2D eigenvalue weighted by Gasteiger charge is 2.36. The van der Waals surface area contributed by atoms with Gasteiger partial charge in [0.05, 0.1) is 24.1 Å². The van der Waals surface area contributed by atoms with Crippen molar-refractivity contribution < 1.29 is 18.7 Å². The van der Waals surface area contributed by atoms with Crippen LogP contribution >= 0.6 is 23.4 Å². The second-order valence-corrected chi connectivity index (χ2v) is 10.0. The molecule has 2 aromatic carbocycles. The van der Waals surface area contributed by atoms with Gasteiger partial charge in [-0.25, -0.2) is 4.39 Å². The van der Waals surface area contributed by atoms with Crippen LogP contribution in [-0.2, 0) is 11.3 Å². The van der Waals surface area contributed by atoms with Crippen molar-refractivity contribution in [2.75, 3.05) is 19.1 Å². The maximum absolute atomic E-state index is 14.2. The van der Waals surface area contributed by atoms with Crippen LogP contribution < -0.4 is 9.64 Å². The minimum atomic E-state index is -0.559. The summed E-state index contributed by atoms with van der Waals surface area (Å²) in [5.41, 5.74) is 3.82. The number of thioether (sulfide) groups is 1. The summed E-state index contributed by atoms with van der Waals surface area (Å²) in [6.07, 6.45) is 3.84. The summed E-state index contributed by atoms with van der Waals surface area (Å²) in [4.78, 5) is 29.0. The Labute approximate surface area is 201 Å². The van der Waals surface area contributed by atoms with Gasteiger partial charge in [-0.2, -0.15) is 0 Å². The van der Waals surface area contributed by atoms with Gasteiger partial charge in [-0.05, 0) is 62.4 Å². The van der Waals surface area contributed by atoms with Gasteiger partial charge in [0, 0.05) is 40.5 Å². The number of carbonyl (C=O) groups is 2. The van der Waals surface area contributed by atoms with E-state index in [0.717, 1.165) is 33.5 Å². The highest BCUT2D eigenvalue weighted by atomic mass is 35.5. The van der Waals surface area contributed by atoms with Crippen LogP contribution in [-0.4, -0.2) is 35.7 Å². The maximum Gasteiger partial charge on any atom is 0.293 e. The zero-order valence-corrected chi connectivity index (χ0v) is 20.6. The van der Waals surface area contributed by atoms with E-state index in [2.05, 4.69) is 31.7 Å². The summed E-state index contributed by atoms with van der Waals surface area (Å²) in [6.45, 7) is 6.10. The molecule has 2 aromatic rings. The number of allylic oxidation sites excluding steroid dienone is 1. The van der Waals surface area contributed by atoms with Gasteiger partial charge in [0.1, 0.15) is 11.6 Å². The number of likely N-dealkylation sites (N-methyl/N-ethyl adjacent to an activating group) is 1. The quantitative estimate of drug-likeness (QED) is 0.471. The summed E-state index contributed by atoms with van der Waals surface area (Å²) in [6, 6.07) is 8.17. The van der Waals surface area contributed by atoms with Crippen LogP contribution in [0.5, 0.6) is 5.75 Å². The fraction of sp³-hybridized carbons (Fsp3) is 0.280. The molecule has 0 bridgehead atoms. The zero-order valence-electron chi connectivity index (χ0n) is 19.0. The second-order valence-electron chi connectivity index (χ2n) is 8.62. The van der Waals surface area contributed by atoms with Crippen LogP contribution in [0.25, 0.3) is 11.6 Å². The van der Waals surface area contributed by atoms with Gasteiger partial charge in [0.2, 0.25) is 0 Å². The summed E-state index contributed by atoms with van der Waals surface area (Å²) >= 11 is 6.90. The highest BCUT2D eigenvalue weighted by Crippen LogP contribution is 2.43. The number of benzene rings is 2. The number of hydrogen-bond acceptors (Lipinski definition) is 5. The number of imide groups is 1. The van der Waals surface area contributed by atoms with Crippen LogP contribution in [0, 0.1) is 5.82 Å². The minimum absolute atomic E-state index is 0.112. The average Bonchev–Trinajstić information content (AvgIpc) is 3.01. The van der Waals surface area contributed by atoms with Gasteiger partial charge in [0.15, 0.2) is 0 Å². The van der Waals surface area contributed by atoms with Crippen molar-refractivity contribution in [2.24, 2.45) is 0 Å². The lowest BCUT2D eigenvalue weighted by molar-refractivity contribution is -0.123. The molecule has 4 rings (SSSR count). The third-order valence-electron chi connectivity index (χ3n) is 6.11. The molecule has 0 saturated carbocycles. The third-order valence-corrected chi connectivity index (χ3v) is 7.37. The molecule has 0 N–H and O–H groups in total. The molecule has 2 aliphatic heterocycles. The average molecular weight is 487 g/mol. The molecule has 0 spiro atoms. The van der Waals surface area contributed by atoms with Crippen molar-refractivity contribution in [3.63, 3.8) is 0 Å². The molecule has 0 radical (unpaired) electrons.